The molecule has 0 atom stereocenters. The molecule has 7 aromatic carbocycles. The Hall–Kier alpha value is -5.31. The van der Waals surface area contributed by atoms with Crippen LogP contribution in [0.15, 0.2) is 140 Å². The SMILES string of the molecule is O=P12c3c4cccc3N(c3ccccc3)c3c1c(cc1ccccc31)Oc1cc3ccccc3c(c12)N4c1ccccc1. The van der Waals surface area contributed by atoms with Crippen LogP contribution in [-0.2, 0) is 4.57 Å². The summed E-state index contributed by atoms with van der Waals surface area (Å²) >= 11 is 0. The maximum atomic E-state index is 16.5. The quantitative estimate of drug-likeness (QED) is 0.194. The summed E-state index contributed by atoms with van der Waals surface area (Å²) in [5, 5.41) is 6.64. The molecular formula is C38H23N2O2P. The third kappa shape index (κ3) is 2.84. The lowest BCUT2D eigenvalue weighted by molar-refractivity contribution is 0.487. The fourth-order valence-corrected chi connectivity index (χ4v) is 10.9. The average molecular weight is 571 g/mol. The van der Waals surface area contributed by atoms with E-state index in [4.69, 9.17) is 4.74 Å². The average Bonchev–Trinajstić information content (AvgIpc) is 3.05. The van der Waals surface area contributed by atoms with Crippen molar-refractivity contribution in [1.82, 2.24) is 0 Å². The van der Waals surface area contributed by atoms with E-state index >= 15 is 4.57 Å². The van der Waals surface area contributed by atoms with Gasteiger partial charge >= 0.3 is 0 Å². The van der Waals surface area contributed by atoms with E-state index in [0.29, 0.717) is 11.5 Å². The largest absolute Gasteiger partial charge is 0.456 e. The second kappa shape index (κ2) is 8.16. The normalized spacial score (nSPS) is 14.9. The van der Waals surface area contributed by atoms with Crippen molar-refractivity contribution in [2.24, 2.45) is 0 Å². The van der Waals surface area contributed by atoms with Crippen LogP contribution in [-0.4, -0.2) is 0 Å². The highest BCUT2D eigenvalue weighted by Crippen LogP contribution is 2.67. The number of para-hydroxylation sites is 2. The molecule has 0 N–H and O–H groups in total. The molecule has 3 heterocycles. The van der Waals surface area contributed by atoms with Crippen LogP contribution < -0.4 is 30.5 Å². The number of benzene rings is 7. The van der Waals surface area contributed by atoms with Gasteiger partial charge in [-0.3, -0.25) is 0 Å². The van der Waals surface area contributed by atoms with E-state index in [1.807, 2.05) is 24.3 Å². The molecule has 4 nitrogen and oxygen atoms in total. The zero-order valence-corrected chi connectivity index (χ0v) is 23.8. The Bertz CT molecular complexity index is 2210. The van der Waals surface area contributed by atoms with Crippen molar-refractivity contribution >= 4 is 78.7 Å². The first-order valence-electron chi connectivity index (χ1n) is 14.5. The van der Waals surface area contributed by atoms with Crippen LogP contribution in [0.2, 0.25) is 0 Å². The van der Waals surface area contributed by atoms with Gasteiger partial charge in [0.2, 0.25) is 0 Å². The van der Waals surface area contributed by atoms with Gasteiger partial charge in [-0.2, -0.15) is 0 Å². The zero-order chi connectivity index (χ0) is 28.3. The molecule has 0 radical (unpaired) electrons. The number of hydrogen-bond donors (Lipinski definition) is 0. The Morgan fingerprint density at radius 1 is 0.465 bits per heavy atom. The molecule has 202 valence electrons. The van der Waals surface area contributed by atoms with E-state index in [1.165, 1.54) is 0 Å². The lowest BCUT2D eigenvalue weighted by Crippen LogP contribution is -2.45. The minimum Gasteiger partial charge on any atom is -0.456 e. The molecule has 0 amide bonds. The van der Waals surface area contributed by atoms with Gasteiger partial charge in [-0.1, -0.05) is 91.0 Å². The molecule has 3 aliphatic rings. The molecule has 0 fully saturated rings. The van der Waals surface area contributed by atoms with Gasteiger partial charge in [-0.15, -0.1) is 0 Å². The lowest BCUT2D eigenvalue weighted by Gasteiger charge is -2.47. The molecule has 0 bridgehead atoms. The topological polar surface area (TPSA) is 32.8 Å². The Kier molecular flexibility index (Phi) is 4.42. The predicted octanol–water partition coefficient (Wildman–Crippen LogP) is 9.30. The summed E-state index contributed by atoms with van der Waals surface area (Å²) in [4.78, 5) is 4.58. The Labute approximate surface area is 248 Å². The third-order valence-corrected chi connectivity index (χ3v) is 12.2. The third-order valence-electron chi connectivity index (χ3n) is 9.04. The van der Waals surface area contributed by atoms with Gasteiger partial charge in [0.1, 0.15) is 11.5 Å². The first kappa shape index (κ1) is 23.3. The molecule has 0 unspecified atom stereocenters. The van der Waals surface area contributed by atoms with Gasteiger partial charge in [0.15, 0.2) is 7.14 Å². The van der Waals surface area contributed by atoms with Crippen LogP contribution in [0.1, 0.15) is 0 Å². The second-order valence-corrected chi connectivity index (χ2v) is 13.8. The van der Waals surface area contributed by atoms with E-state index in [0.717, 1.165) is 71.6 Å². The number of hydrogen-bond acceptors (Lipinski definition) is 4. The summed E-state index contributed by atoms with van der Waals surface area (Å²) in [6.07, 6.45) is 0. The van der Waals surface area contributed by atoms with E-state index in [-0.39, 0.29) is 0 Å². The van der Waals surface area contributed by atoms with Crippen molar-refractivity contribution in [3.05, 3.63) is 140 Å². The highest BCUT2D eigenvalue weighted by Gasteiger charge is 2.54. The van der Waals surface area contributed by atoms with Crippen molar-refractivity contribution in [2.45, 2.75) is 0 Å². The molecule has 3 aliphatic heterocycles. The van der Waals surface area contributed by atoms with E-state index in [1.54, 1.807) is 0 Å². The molecule has 0 aromatic heterocycles. The molecule has 0 aliphatic carbocycles. The summed E-state index contributed by atoms with van der Waals surface area (Å²) in [7, 11) is -3.42. The number of fused-ring (bicyclic) bond motifs is 4. The summed E-state index contributed by atoms with van der Waals surface area (Å²) in [5.41, 5.74) is 5.78. The van der Waals surface area contributed by atoms with Crippen LogP contribution in [0.25, 0.3) is 21.5 Å². The second-order valence-electron chi connectivity index (χ2n) is 11.3. The molecule has 0 saturated carbocycles. The van der Waals surface area contributed by atoms with Gasteiger partial charge in [-0.25, -0.2) is 0 Å². The molecule has 0 spiro atoms. The van der Waals surface area contributed by atoms with Crippen LogP contribution in [0.4, 0.5) is 34.1 Å². The van der Waals surface area contributed by atoms with Crippen LogP contribution in [0.3, 0.4) is 0 Å². The Morgan fingerprint density at radius 3 is 1.40 bits per heavy atom. The van der Waals surface area contributed by atoms with E-state index < -0.39 is 7.14 Å². The van der Waals surface area contributed by atoms with E-state index in [2.05, 4.69) is 125 Å². The Morgan fingerprint density at radius 2 is 0.907 bits per heavy atom. The first-order valence-corrected chi connectivity index (χ1v) is 16.2. The zero-order valence-electron chi connectivity index (χ0n) is 22.9. The highest BCUT2D eigenvalue weighted by molar-refractivity contribution is 7.87. The molecule has 7 aromatic rings. The molecule has 5 heteroatoms. The van der Waals surface area contributed by atoms with Gasteiger partial charge in [-0.05, 0) is 59.3 Å². The molecule has 10 rings (SSSR count). The van der Waals surface area contributed by atoms with Crippen LogP contribution in [0, 0.1) is 0 Å². The molecule has 0 saturated heterocycles. The van der Waals surface area contributed by atoms with Crippen molar-refractivity contribution in [1.29, 1.82) is 0 Å². The minimum atomic E-state index is -3.42. The predicted molar refractivity (Wildman–Crippen MR) is 177 cm³/mol. The van der Waals surface area contributed by atoms with Crippen LogP contribution in [0.5, 0.6) is 11.5 Å². The fraction of sp³-hybridized carbons (Fsp3) is 0. The summed E-state index contributed by atoms with van der Waals surface area (Å²) in [5.74, 6) is 1.33. The van der Waals surface area contributed by atoms with E-state index in [9.17, 15) is 0 Å². The standard InChI is InChI=1S/C38H23N2O2P/c41-43-36-30-20-11-21-31(36)40(27-16-5-2-6-17-27)35-29-19-10-8-13-25(29)23-33(38(35)43)42-32-22-24-12-7-9-18-28(24)34(37(32)43)39(30)26-14-3-1-4-15-26/h1-23H. The van der Waals surface area contributed by atoms with Crippen molar-refractivity contribution in [3.63, 3.8) is 0 Å². The van der Waals surface area contributed by atoms with Gasteiger partial charge in [0, 0.05) is 22.1 Å². The summed E-state index contributed by atoms with van der Waals surface area (Å²) in [6, 6.07) is 48.0. The Balaban J connectivity index is 1.46. The maximum Gasteiger partial charge on any atom is 0.186 e. The number of rotatable bonds is 2. The van der Waals surface area contributed by atoms with Gasteiger partial charge in [0.05, 0.1) is 38.7 Å². The minimum absolute atomic E-state index is 0.667. The van der Waals surface area contributed by atoms with Crippen molar-refractivity contribution < 1.29 is 9.30 Å². The van der Waals surface area contributed by atoms with Gasteiger partial charge < -0.3 is 19.1 Å². The molecular weight excluding hydrogens is 547 g/mol. The van der Waals surface area contributed by atoms with Crippen molar-refractivity contribution in [3.8, 4) is 11.5 Å². The number of anilines is 6. The summed E-state index contributed by atoms with van der Waals surface area (Å²) in [6.45, 7) is 0. The fourth-order valence-electron chi connectivity index (χ4n) is 7.39. The highest BCUT2D eigenvalue weighted by atomic mass is 31.2. The molecule has 43 heavy (non-hydrogen) atoms. The smallest absolute Gasteiger partial charge is 0.186 e. The lowest BCUT2D eigenvalue weighted by atomic mass is 10.0. The first-order chi connectivity index (χ1) is 21.2. The van der Waals surface area contributed by atoms with Gasteiger partial charge in [0.25, 0.3) is 0 Å². The number of nitrogens with zero attached hydrogens (tertiary/aromatic N) is 2. The summed E-state index contributed by atoms with van der Waals surface area (Å²) < 4.78 is 23.4. The van der Waals surface area contributed by atoms with Crippen molar-refractivity contribution in [2.75, 3.05) is 9.80 Å². The number of ether oxygens (including phenoxy) is 1. The monoisotopic (exact) mass is 570 g/mol. The van der Waals surface area contributed by atoms with Crippen LogP contribution >= 0.6 is 7.14 Å². The maximum absolute atomic E-state index is 16.5.